The Morgan fingerprint density at radius 1 is 1.30 bits per heavy atom. The molecule has 0 amide bonds. The summed E-state index contributed by atoms with van der Waals surface area (Å²) in [6.07, 6.45) is 0.381. The van der Waals surface area contributed by atoms with Crippen molar-refractivity contribution in [1.82, 2.24) is 0 Å². The Morgan fingerprint density at radius 3 is 2.65 bits per heavy atom. The quantitative estimate of drug-likeness (QED) is 0.539. The molecule has 0 saturated heterocycles. The van der Waals surface area contributed by atoms with Crippen LogP contribution in [0.3, 0.4) is 0 Å². The summed E-state index contributed by atoms with van der Waals surface area (Å²) in [4.78, 5) is 5.75. The number of ether oxygens (including phenoxy) is 1. The Kier molecular flexibility index (Phi) is 7.06. The number of rotatable bonds is 8. The summed E-state index contributed by atoms with van der Waals surface area (Å²) < 4.78 is 5.14. The second-order valence-corrected chi connectivity index (χ2v) is 5.00. The van der Waals surface area contributed by atoms with E-state index in [1.807, 2.05) is 11.1 Å². The summed E-state index contributed by atoms with van der Waals surface area (Å²) in [7, 11) is 1.67. The molecule has 0 aromatic heterocycles. The topological polar surface area (TPSA) is 45.5 Å². The first-order chi connectivity index (χ1) is 9.61. The Morgan fingerprint density at radius 2 is 2.05 bits per heavy atom. The molecule has 0 saturated carbocycles. The van der Waals surface area contributed by atoms with Crippen LogP contribution >= 0.6 is 0 Å². The second-order valence-electron chi connectivity index (χ2n) is 5.00. The van der Waals surface area contributed by atoms with Crippen molar-refractivity contribution in [3.05, 3.63) is 29.3 Å². The molecular formula is C16H24N2O2. The molecule has 0 heterocycles. The molecule has 4 heteroatoms. The van der Waals surface area contributed by atoms with Crippen molar-refractivity contribution in [3.8, 4) is 6.07 Å². The standard InChI is InChI=1S/C16H24N2O2/c1-13(2)16-14(3)7-5-8-15(16)18(10-12-19-4)20-11-6-9-17/h5,7-8,13H,6,10-12H2,1-4H3. The molecule has 110 valence electrons. The lowest BCUT2D eigenvalue weighted by atomic mass is 9.96. The van der Waals surface area contributed by atoms with E-state index in [4.69, 9.17) is 14.8 Å². The van der Waals surface area contributed by atoms with E-state index in [0.717, 1.165) is 5.69 Å². The number of hydrogen-bond donors (Lipinski definition) is 0. The highest BCUT2D eigenvalue weighted by Gasteiger charge is 2.16. The third-order valence-electron chi connectivity index (χ3n) is 3.11. The second kappa shape index (κ2) is 8.57. The molecule has 0 aliphatic carbocycles. The van der Waals surface area contributed by atoms with Crippen LogP contribution in [0.15, 0.2) is 18.2 Å². The highest BCUT2D eigenvalue weighted by atomic mass is 16.7. The van der Waals surface area contributed by atoms with Crippen LogP contribution < -0.4 is 5.06 Å². The lowest BCUT2D eigenvalue weighted by Gasteiger charge is -2.28. The van der Waals surface area contributed by atoms with Gasteiger partial charge in [-0.2, -0.15) is 5.26 Å². The van der Waals surface area contributed by atoms with E-state index < -0.39 is 0 Å². The molecule has 1 aromatic carbocycles. The van der Waals surface area contributed by atoms with Crippen LogP contribution in [0.2, 0.25) is 0 Å². The van der Waals surface area contributed by atoms with Gasteiger partial charge in [0.25, 0.3) is 0 Å². The van der Waals surface area contributed by atoms with E-state index >= 15 is 0 Å². The molecule has 0 fully saturated rings. The van der Waals surface area contributed by atoms with Gasteiger partial charge in [-0.15, -0.1) is 0 Å². The van der Waals surface area contributed by atoms with Crippen molar-refractivity contribution in [1.29, 1.82) is 5.26 Å². The molecule has 1 aromatic rings. The molecule has 20 heavy (non-hydrogen) atoms. The Labute approximate surface area is 121 Å². The van der Waals surface area contributed by atoms with Gasteiger partial charge in [0.2, 0.25) is 0 Å². The molecule has 0 bridgehead atoms. The highest BCUT2D eigenvalue weighted by Crippen LogP contribution is 2.30. The van der Waals surface area contributed by atoms with Crippen LogP contribution in [0.1, 0.15) is 37.3 Å². The number of nitriles is 1. The largest absolute Gasteiger partial charge is 0.383 e. The van der Waals surface area contributed by atoms with E-state index in [9.17, 15) is 0 Å². The molecule has 0 atom stereocenters. The minimum atomic E-state index is 0.381. The Hall–Kier alpha value is -1.57. The van der Waals surface area contributed by atoms with Gasteiger partial charge in [0.05, 0.1) is 37.9 Å². The lowest BCUT2D eigenvalue weighted by molar-refractivity contribution is 0.0914. The summed E-state index contributed by atoms with van der Waals surface area (Å²) in [6.45, 7) is 8.09. The molecule has 0 aliphatic heterocycles. The number of methoxy groups -OCH3 is 1. The molecule has 0 N–H and O–H groups in total. The van der Waals surface area contributed by atoms with Crippen LogP contribution in [0, 0.1) is 18.3 Å². The van der Waals surface area contributed by atoms with Crippen molar-refractivity contribution in [2.45, 2.75) is 33.1 Å². The van der Waals surface area contributed by atoms with Gasteiger partial charge >= 0.3 is 0 Å². The van der Waals surface area contributed by atoms with Gasteiger partial charge in [-0.3, -0.25) is 9.90 Å². The number of anilines is 1. The maximum Gasteiger partial charge on any atom is 0.0878 e. The number of aryl methyl sites for hydroxylation is 1. The van der Waals surface area contributed by atoms with Gasteiger partial charge in [-0.05, 0) is 30.0 Å². The van der Waals surface area contributed by atoms with Gasteiger partial charge in [0.15, 0.2) is 0 Å². The molecular weight excluding hydrogens is 252 g/mol. The molecule has 1 rings (SSSR count). The van der Waals surface area contributed by atoms with Gasteiger partial charge in [-0.25, -0.2) is 0 Å². The van der Waals surface area contributed by atoms with E-state index in [-0.39, 0.29) is 0 Å². The van der Waals surface area contributed by atoms with Crippen LogP contribution in [0.25, 0.3) is 0 Å². The van der Waals surface area contributed by atoms with Gasteiger partial charge < -0.3 is 4.74 Å². The summed E-state index contributed by atoms with van der Waals surface area (Å²) in [5.74, 6) is 0.413. The maximum atomic E-state index is 8.64. The van der Waals surface area contributed by atoms with E-state index in [2.05, 4.69) is 39.0 Å². The average molecular weight is 276 g/mol. The Bertz CT molecular complexity index is 452. The van der Waals surface area contributed by atoms with Crippen LogP contribution in [0.5, 0.6) is 0 Å². The maximum absolute atomic E-state index is 8.64. The SMILES string of the molecule is COCCN(OCCC#N)c1cccc(C)c1C(C)C. The van der Waals surface area contributed by atoms with Crippen molar-refractivity contribution in [3.63, 3.8) is 0 Å². The van der Waals surface area contributed by atoms with Gasteiger partial charge in [0, 0.05) is 7.11 Å². The van der Waals surface area contributed by atoms with Crippen molar-refractivity contribution >= 4 is 5.69 Å². The smallest absolute Gasteiger partial charge is 0.0878 e. The average Bonchev–Trinajstić information content (AvgIpc) is 2.42. The van der Waals surface area contributed by atoms with Crippen LogP contribution in [-0.2, 0) is 9.57 Å². The third kappa shape index (κ3) is 4.52. The molecule has 0 spiro atoms. The normalized spacial score (nSPS) is 10.6. The fourth-order valence-electron chi connectivity index (χ4n) is 2.26. The molecule has 0 aliphatic rings. The summed E-state index contributed by atoms with van der Waals surface area (Å²) in [6, 6.07) is 8.30. The van der Waals surface area contributed by atoms with E-state index in [1.165, 1.54) is 11.1 Å². The van der Waals surface area contributed by atoms with Crippen LogP contribution in [-0.4, -0.2) is 26.9 Å². The minimum Gasteiger partial charge on any atom is -0.383 e. The summed E-state index contributed by atoms with van der Waals surface area (Å²) >= 11 is 0. The van der Waals surface area contributed by atoms with Crippen molar-refractivity contribution in [2.24, 2.45) is 0 Å². The first-order valence-electron chi connectivity index (χ1n) is 6.97. The molecule has 0 radical (unpaired) electrons. The minimum absolute atomic E-state index is 0.381. The van der Waals surface area contributed by atoms with Crippen LogP contribution in [0.4, 0.5) is 5.69 Å². The third-order valence-corrected chi connectivity index (χ3v) is 3.11. The Balaban J connectivity index is 2.99. The number of hydroxylamine groups is 1. The number of nitrogens with zero attached hydrogens (tertiary/aromatic N) is 2. The monoisotopic (exact) mass is 276 g/mol. The summed E-state index contributed by atoms with van der Waals surface area (Å²) in [5.41, 5.74) is 3.60. The fourth-order valence-corrected chi connectivity index (χ4v) is 2.26. The van der Waals surface area contributed by atoms with Gasteiger partial charge in [-0.1, -0.05) is 26.0 Å². The fraction of sp³-hybridized carbons (Fsp3) is 0.562. The number of hydrogen-bond acceptors (Lipinski definition) is 4. The first kappa shape index (κ1) is 16.5. The zero-order valence-corrected chi connectivity index (χ0v) is 12.8. The zero-order valence-electron chi connectivity index (χ0n) is 12.8. The summed E-state index contributed by atoms with van der Waals surface area (Å²) in [5, 5.41) is 10.5. The lowest BCUT2D eigenvalue weighted by Crippen LogP contribution is -2.29. The molecule has 0 unspecified atom stereocenters. The number of benzene rings is 1. The highest BCUT2D eigenvalue weighted by molar-refractivity contribution is 5.56. The molecule has 4 nitrogen and oxygen atoms in total. The van der Waals surface area contributed by atoms with Crippen molar-refractivity contribution in [2.75, 3.05) is 31.9 Å². The van der Waals surface area contributed by atoms with E-state index in [1.54, 1.807) is 7.11 Å². The predicted molar refractivity (Wildman–Crippen MR) is 80.7 cm³/mol. The zero-order chi connectivity index (χ0) is 15.0. The van der Waals surface area contributed by atoms with Crippen molar-refractivity contribution < 1.29 is 9.57 Å². The van der Waals surface area contributed by atoms with Gasteiger partial charge in [0.1, 0.15) is 0 Å². The predicted octanol–water partition coefficient (Wildman–Crippen LogP) is 3.42. The van der Waals surface area contributed by atoms with E-state index in [0.29, 0.717) is 32.1 Å². The first-order valence-corrected chi connectivity index (χ1v) is 6.97.